The molecule has 1 amide bonds. The molecule has 8 heteroatoms. The number of nitro groups is 1. The third kappa shape index (κ3) is 3.80. The van der Waals surface area contributed by atoms with Crippen LogP contribution in [-0.2, 0) is 9.53 Å². The number of hydrogen-bond donors (Lipinski definition) is 1. The van der Waals surface area contributed by atoms with Gasteiger partial charge >= 0.3 is 5.97 Å². The molecule has 0 saturated heterocycles. The molecule has 0 atom stereocenters. The molecule has 1 rings (SSSR count). The average molecular weight is 269 g/mol. The van der Waals surface area contributed by atoms with E-state index in [4.69, 9.17) is 4.74 Å². The fourth-order valence-corrected chi connectivity index (χ4v) is 1.47. The molecule has 0 aliphatic carbocycles. The highest BCUT2D eigenvalue weighted by Gasteiger charge is 2.21. The predicted molar refractivity (Wildman–Crippen MR) is 65.7 cm³/mol. The first-order valence-corrected chi connectivity index (χ1v) is 5.77. The number of likely N-dealkylation sites (N-methyl/N-ethyl adjacent to an activating group) is 1. The highest BCUT2D eigenvalue weighted by molar-refractivity contribution is 5.95. The van der Waals surface area contributed by atoms with Crippen molar-refractivity contribution in [1.82, 2.24) is 9.88 Å². The minimum atomic E-state index is -0.602. The molecule has 0 fully saturated rings. The molecule has 1 aromatic rings. The molecule has 0 saturated carbocycles. The molecule has 0 unspecified atom stereocenters. The third-order valence-electron chi connectivity index (χ3n) is 2.40. The van der Waals surface area contributed by atoms with Crippen LogP contribution in [-0.4, -0.2) is 46.4 Å². The van der Waals surface area contributed by atoms with Gasteiger partial charge in [0, 0.05) is 12.6 Å². The predicted octanol–water partition coefficient (Wildman–Crippen LogP) is 0.948. The molecule has 0 aromatic carbocycles. The number of esters is 1. The van der Waals surface area contributed by atoms with Crippen LogP contribution in [0, 0.1) is 10.1 Å². The second-order valence-electron chi connectivity index (χ2n) is 3.65. The summed E-state index contributed by atoms with van der Waals surface area (Å²) in [5.41, 5.74) is -0.131. The maximum Gasteiger partial charge on any atom is 0.325 e. The Labute approximate surface area is 109 Å². The molecule has 0 aliphatic rings. The zero-order chi connectivity index (χ0) is 14.4. The average Bonchev–Trinajstić information content (AvgIpc) is 2.85. The van der Waals surface area contributed by atoms with Crippen LogP contribution in [0.4, 0.5) is 5.69 Å². The lowest BCUT2D eigenvalue weighted by atomic mass is 10.3. The smallest absolute Gasteiger partial charge is 0.325 e. The van der Waals surface area contributed by atoms with Gasteiger partial charge in [0.1, 0.15) is 12.2 Å². The zero-order valence-corrected chi connectivity index (χ0v) is 10.7. The van der Waals surface area contributed by atoms with Crippen LogP contribution >= 0.6 is 0 Å². The van der Waals surface area contributed by atoms with Crippen molar-refractivity contribution in [1.29, 1.82) is 0 Å². The summed E-state index contributed by atoms with van der Waals surface area (Å²) in [5.74, 6) is -0.998. The summed E-state index contributed by atoms with van der Waals surface area (Å²) in [6.45, 7) is 3.72. The SMILES string of the molecule is CCOC(=O)CN(CC)C(=O)c1cc([N+](=O)[O-])c[nH]1. The molecule has 0 aliphatic heterocycles. The van der Waals surface area contributed by atoms with Gasteiger partial charge in [-0.15, -0.1) is 0 Å². The Morgan fingerprint density at radius 3 is 2.63 bits per heavy atom. The molecule has 8 nitrogen and oxygen atoms in total. The summed E-state index contributed by atoms with van der Waals surface area (Å²) in [6, 6.07) is 1.14. The van der Waals surface area contributed by atoms with Gasteiger partial charge in [-0.25, -0.2) is 0 Å². The third-order valence-corrected chi connectivity index (χ3v) is 2.40. The van der Waals surface area contributed by atoms with Crippen molar-refractivity contribution < 1.29 is 19.2 Å². The first kappa shape index (κ1) is 14.7. The van der Waals surface area contributed by atoms with Gasteiger partial charge in [-0.3, -0.25) is 19.7 Å². The largest absolute Gasteiger partial charge is 0.465 e. The Morgan fingerprint density at radius 1 is 1.47 bits per heavy atom. The number of amides is 1. The first-order valence-electron chi connectivity index (χ1n) is 5.77. The fraction of sp³-hybridized carbons (Fsp3) is 0.455. The van der Waals surface area contributed by atoms with E-state index in [0.717, 1.165) is 12.3 Å². The van der Waals surface area contributed by atoms with E-state index in [2.05, 4.69) is 4.98 Å². The van der Waals surface area contributed by atoms with E-state index in [-0.39, 0.29) is 24.5 Å². The number of rotatable bonds is 6. The van der Waals surface area contributed by atoms with Gasteiger partial charge in [0.2, 0.25) is 0 Å². The van der Waals surface area contributed by atoms with Crippen molar-refractivity contribution in [2.24, 2.45) is 0 Å². The minimum absolute atomic E-state index is 0.0675. The quantitative estimate of drug-likeness (QED) is 0.470. The van der Waals surface area contributed by atoms with Crippen LogP contribution < -0.4 is 0 Å². The number of carbonyl (C=O) groups excluding carboxylic acids is 2. The molecule has 0 bridgehead atoms. The van der Waals surface area contributed by atoms with E-state index < -0.39 is 16.8 Å². The van der Waals surface area contributed by atoms with E-state index in [1.165, 1.54) is 4.90 Å². The van der Waals surface area contributed by atoms with Crippen LogP contribution in [0.3, 0.4) is 0 Å². The van der Waals surface area contributed by atoms with E-state index in [0.29, 0.717) is 6.54 Å². The van der Waals surface area contributed by atoms with Gasteiger partial charge in [0.05, 0.1) is 17.7 Å². The van der Waals surface area contributed by atoms with Gasteiger partial charge < -0.3 is 14.6 Å². The van der Waals surface area contributed by atoms with Crippen molar-refractivity contribution in [3.05, 3.63) is 28.1 Å². The monoisotopic (exact) mass is 269 g/mol. The van der Waals surface area contributed by atoms with Crippen LogP contribution in [0.5, 0.6) is 0 Å². The number of aromatic nitrogens is 1. The lowest BCUT2D eigenvalue weighted by Gasteiger charge is -2.18. The topological polar surface area (TPSA) is 106 Å². The maximum absolute atomic E-state index is 12.0. The molecular formula is C11H15N3O5. The number of ether oxygens (including phenoxy) is 1. The number of hydrogen-bond acceptors (Lipinski definition) is 5. The highest BCUT2D eigenvalue weighted by atomic mass is 16.6. The van der Waals surface area contributed by atoms with Crippen LogP contribution in [0.2, 0.25) is 0 Å². The number of aromatic amines is 1. The number of H-pyrrole nitrogens is 1. The molecule has 1 heterocycles. The normalized spacial score (nSPS) is 10.0. The summed E-state index contributed by atoms with van der Waals surface area (Å²) in [6.07, 6.45) is 1.13. The van der Waals surface area contributed by atoms with Crippen LogP contribution in [0.15, 0.2) is 12.3 Å². The van der Waals surface area contributed by atoms with Crippen molar-refractivity contribution in [3.63, 3.8) is 0 Å². The number of nitrogens with one attached hydrogen (secondary N) is 1. The Balaban J connectivity index is 2.77. The fourth-order valence-electron chi connectivity index (χ4n) is 1.47. The standard InChI is InChI=1S/C11H15N3O5/c1-3-13(7-10(15)19-4-2)11(16)9-5-8(6-12-9)14(17)18/h5-6,12H,3-4,7H2,1-2H3. The van der Waals surface area contributed by atoms with Crippen LogP contribution in [0.1, 0.15) is 24.3 Å². The van der Waals surface area contributed by atoms with E-state index >= 15 is 0 Å². The number of nitrogens with zero attached hydrogens (tertiary/aromatic N) is 2. The molecule has 1 aromatic heterocycles. The summed E-state index contributed by atoms with van der Waals surface area (Å²) in [5, 5.41) is 10.5. The van der Waals surface area contributed by atoms with Gasteiger partial charge in [-0.1, -0.05) is 0 Å². The molecule has 0 spiro atoms. The summed E-state index contributed by atoms with van der Waals surface area (Å²) in [4.78, 5) is 37.0. The summed E-state index contributed by atoms with van der Waals surface area (Å²) >= 11 is 0. The van der Waals surface area contributed by atoms with Crippen molar-refractivity contribution in [2.75, 3.05) is 19.7 Å². The maximum atomic E-state index is 12.0. The first-order chi connectivity index (χ1) is 8.99. The molecule has 19 heavy (non-hydrogen) atoms. The van der Waals surface area contributed by atoms with Crippen LogP contribution in [0.25, 0.3) is 0 Å². The van der Waals surface area contributed by atoms with Gasteiger partial charge in [0.15, 0.2) is 0 Å². The van der Waals surface area contributed by atoms with Crippen molar-refractivity contribution in [2.45, 2.75) is 13.8 Å². The highest BCUT2D eigenvalue weighted by Crippen LogP contribution is 2.13. The van der Waals surface area contributed by atoms with Crippen molar-refractivity contribution >= 4 is 17.6 Å². The molecular weight excluding hydrogens is 254 g/mol. The van der Waals surface area contributed by atoms with Gasteiger partial charge in [-0.2, -0.15) is 0 Å². The molecule has 104 valence electrons. The van der Waals surface area contributed by atoms with E-state index in [1.54, 1.807) is 13.8 Å². The molecule has 0 radical (unpaired) electrons. The zero-order valence-electron chi connectivity index (χ0n) is 10.7. The van der Waals surface area contributed by atoms with Gasteiger partial charge in [0.25, 0.3) is 11.6 Å². The second kappa shape index (κ2) is 6.53. The second-order valence-corrected chi connectivity index (χ2v) is 3.65. The Kier molecular flexibility index (Phi) is 5.04. The minimum Gasteiger partial charge on any atom is -0.465 e. The van der Waals surface area contributed by atoms with E-state index in [9.17, 15) is 19.7 Å². The Hall–Kier alpha value is -2.38. The number of carbonyl (C=O) groups is 2. The lowest BCUT2D eigenvalue weighted by molar-refractivity contribution is -0.384. The van der Waals surface area contributed by atoms with Crippen molar-refractivity contribution in [3.8, 4) is 0 Å². The van der Waals surface area contributed by atoms with E-state index in [1.807, 2.05) is 0 Å². The van der Waals surface area contributed by atoms with Gasteiger partial charge in [-0.05, 0) is 13.8 Å². The Morgan fingerprint density at radius 2 is 2.16 bits per heavy atom. The summed E-state index contributed by atoms with van der Waals surface area (Å²) in [7, 11) is 0. The lowest BCUT2D eigenvalue weighted by Crippen LogP contribution is -2.36. The molecule has 1 N–H and O–H groups in total. The Bertz CT molecular complexity index is 482. The summed E-state index contributed by atoms with van der Waals surface area (Å²) < 4.78 is 4.75.